The van der Waals surface area contributed by atoms with E-state index in [-0.39, 0.29) is 0 Å². The van der Waals surface area contributed by atoms with Crippen LogP contribution in [-0.4, -0.2) is 45.9 Å². The Balaban J connectivity index is 2.69. The summed E-state index contributed by atoms with van der Waals surface area (Å²) in [7, 11) is 0. The van der Waals surface area contributed by atoms with Crippen molar-refractivity contribution >= 4 is 11.9 Å². The van der Waals surface area contributed by atoms with E-state index in [9.17, 15) is 14.7 Å². The summed E-state index contributed by atoms with van der Waals surface area (Å²) in [4.78, 5) is 22.3. The van der Waals surface area contributed by atoms with E-state index >= 15 is 0 Å². The van der Waals surface area contributed by atoms with Gasteiger partial charge in [0, 0.05) is 0 Å². The van der Waals surface area contributed by atoms with Gasteiger partial charge >= 0.3 is 5.97 Å². The maximum Gasteiger partial charge on any atom is 0.328 e. The Bertz CT molecular complexity index is 437. The molecule has 1 rings (SSSR count). The first-order valence-corrected chi connectivity index (χ1v) is 5.60. The first-order chi connectivity index (χ1) is 8.97. The average molecular weight is 268 g/mol. The third-order valence-electron chi connectivity index (χ3n) is 2.59. The van der Waals surface area contributed by atoms with Crippen molar-refractivity contribution in [2.24, 2.45) is 5.73 Å². The fraction of sp³-hybridized carbons (Fsp3) is 0.333. The van der Waals surface area contributed by atoms with Crippen LogP contribution in [0.5, 0.6) is 0 Å². The minimum absolute atomic E-state index is 0.543. The summed E-state index contributed by atoms with van der Waals surface area (Å²) < 4.78 is 0. The number of hydrogen-bond acceptors (Lipinski definition) is 5. The number of rotatable bonds is 6. The lowest BCUT2D eigenvalue weighted by molar-refractivity contribution is -0.144. The number of aliphatic hydroxyl groups is 2. The molecule has 0 saturated carbocycles. The van der Waals surface area contributed by atoms with E-state index in [0.717, 1.165) is 0 Å². The molecule has 7 nitrogen and oxygen atoms in total. The van der Waals surface area contributed by atoms with Crippen LogP contribution < -0.4 is 11.1 Å². The average Bonchev–Trinajstić information content (AvgIpc) is 2.43. The lowest BCUT2D eigenvalue weighted by Gasteiger charge is -2.20. The van der Waals surface area contributed by atoms with Crippen molar-refractivity contribution in [2.45, 2.75) is 18.2 Å². The number of benzene rings is 1. The number of hydrogen-bond donors (Lipinski definition) is 5. The van der Waals surface area contributed by atoms with Crippen molar-refractivity contribution in [2.75, 3.05) is 6.61 Å². The van der Waals surface area contributed by atoms with Crippen molar-refractivity contribution in [3.63, 3.8) is 0 Å². The SMILES string of the molecule is N[C@@H](c1ccccc1)[C@@H](O)C(=O)N[C@@H](CO)C(=O)O. The van der Waals surface area contributed by atoms with Crippen LogP contribution in [0, 0.1) is 0 Å². The predicted molar refractivity (Wildman–Crippen MR) is 66.0 cm³/mol. The van der Waals surface area contributed by atoms with E-state index < -0.39 is 36.7 Å². The molecular formula is C12H16N2O5. The lowest BCUT2D eigenvalue weighted by Crippen LogP contribution is -2.50. The number of carboxylic acid groups (broad SMARTS) is 1. The van der Waals surface area contributed by atoms with Crippen molar-refractivity contribution < 1.29 is 24.9 Å². The van der Waals surface area contributed by atoms with Gasteiger partial charge in [-0.3, -0.25) is 4.79 Å². The third-order valence-corrected chi connectivity index (χ3v) is 2.59. The number of carbonyl (C=O) groups is 2. The number of nitrogens with one attached hydrogen (secondary N) is 1. The molecule has 0 aliphatic carbocycles. The molecule has 1 aromatic rings. The summed E-state index contributed by atoms with van der Waals surface area (Å²) in [6.45, 7) is -0.769. The monoisotopic (exact) mass is 268 g/mol. The molecule has 1 aromatic carbocycles. The smallest absolute Gasteiger partial charge is 0.328 e. The number of aliphatic hydroxyl groups excluding tert-OH is 2. The zero-order valence-electron chi connectivity index (χ0n) is 10.1. The Morgan fingerprint density at radius 2 is 1.84 bits per heavy atom. The summed E-state index contributed by atoms with van der Waals surface area (Å²) in [6.07, 6.45) is -1.60. The molecule has 0 aliphatic heterocycles. The fourth-order valence-electron chi connectivity index (χ4n) is 1.46. The summed E-state index contributed by atoms with van der Waals surface area (Å²) in [5, 5.41) is 29.2. The van der Waals surface area contributed by atoms with Gasteiger partial charge in [0.05, 0.1) is 12.6 Å². The molecule has 0 radical (unpaired) electrons. The molecule has 0 unspecified atom stereocenters. The molecule has 6 N–H and O–H groups in total. The highest BCUT2D eigenvalue weighted by atomic mass is 16.4. The number of aliphatic carboxylic acids is 1. The first-order valence-electron chi connectivity index (χ1n) is 5.60. The number of carbonyl (C=O) groups excluding carboxylic acids is 1. The fourth-order valence-corrected chi connectivity index (χ4v) is 1.46. The second kappa shape index (κ2) is 6.83. The largest absolute Gasteiger partial charge is 0.480 e. The van der Waals surface area contributed by atoms with Crippen molar-refractivity contribution in [3.8, 4) is 0 Å². The molecule has 104 valence electrons. The zero-order chi connectivity index (χ0) is 14.4. The Morgan fingerprint density at radius 1 is 1.26 bits per heavy atom. The van der Waals surface area contributed by atoms with Gasteiger partial charge < -0.3 is 26.4 Å². The molecule has 19 heavy (non-hydrogen) atoms. The second-order valence-electron chi connectivity index (χ2n) is 3.96. The van der Waals surface area contributed by atoms with Crippen LogP contribution in [0.15, 0.2) is 30.3 Å². The molecule has 0 spiro atoms. The third kappa shape index (κ3) is 4.02. The number of nitrogens with two attached hydrogens (primary N) is 1. The van der Waals surface area contributed by atoms with Gasteiger partial charge in [-0.15, -0.1) is 0 Å². The van der Waals surface area contributed by atoms with Crippen LogP contribution >= 0.6 is 0 Å². The molecule has 0 bridgehead atoms. The molecule has 0 aromatic heterocycles. The van der Waals surface area contributed by atoms with Crippen LogP contribution in [0.25, 0.3) is 0 Å². The Morgan fingerprint density at radius 3 is 2.32 bits per heavy atom. The van der Waals surface area contributed by atoms with Gasteiger partial charge in [-0.1, -0.05) is 30.3 Å². The van der Waals surface area contributed by atoms with Crippen LogP contribution in [0.1, 0.15) is 11.6 Å². The minimum atomic E-state index is -1.60. The van der Waals surface area contributed by atoms with Gasteiger partial charge in [0.2, 0.25) is 0 Å². The van der Waals surface area contributed by atoms with Crippen molar-refractivity contribution in [1.29, 1.82) is 0 Å². The molecule has 0 aliphatic rings. The number of amides is 1. The molecule has 0 saturated heterocycles. The highest BCUT2D eigenvalue weighted by Gasteiger charge is 2.28. The Kier molecular flexibility index (Phi) is 5.43. The standard InChI is InChI=1S/C12H16N2O5/c13-9(7-4-2-1-3-5-7)10(16)11(17)14-8(6-15)12(18)19/h1-5,8-10,15-16H,6,13H2,(H,14,17)(H,18,19)/t8-,9-,10+/m0/s1. The van der Waals surface area contributed by atoms with Crippen LogP contribution in [0.3, 0.4) is 0 Å². The topological polar surface area (TPSA) is 133 Å². The van der Waals surface area contributed by atoms with Crippen LogP contribution in [0.4, 0.5) is 0 Å². The molecular weight excluding hydrogens is 252 g/mol. The van der Waals surface area contributed by atoms with Gasteiger partial charge in [-0.2, -0.15) is 0 Å². The van der Waals surface area contributed by atoms with Crippen LogP contribution in [-0.2, 0) is 9.59 Å². The van der Waals surface area contributed by atoms with Crippen molar-refractivity contribution in [3.05, 3.63) is 35.9 Å². The molecule has 0 fully saturated rings. The second-order valence-corrected chi connectivity index (χ2v) is 3.96. The Labute approximate surface area is 109 Å². The van der Waals surface area contributed by atoms with Crippen molar-refractivity contribution in [1.82, 2.24) is 5.32 Å². The lowest BCUT2D eigenvalue weighted by atomic mass is 10.0. The van der Waals surface area contributed by atoms with Gasteiger partial charge in [0.1, 0.15) is 6.04 Å². The number of carboxylic acids is 1. The summed E-state index contributed by atoms with van der Waals surface area (Å²) in [6, 6.07) is 6.00. The summed E-state index contributed by atoms with van der Waals surface area (Å²) in [5.74, 6) is -2.34. The van der Waals surface area contributed by atoms with Gasteiger partial charge in [0.25, 0.3) is 5.91 Å². The maximum absolute atomic E-state index is 11.6. The van der Waals surface area contributed by atoms with Gasteiger partial charge in [0.15, 0.2) is 6.10 Å². The molecule has 0 heterocycles. The zero-order valence-corrected chi connectivity index (χ0v) is 10.1. The summed E-state index contributed by atoms with van der Waals surface area (Å²) >= 11 is 0. The normalized spacial score (nSPS) is 15.3. The van der Waals surface area contributed by atoms with E-state index in [1.807, 2.05) is 5.32 Å². The highest BCUT2D eigenvalue weighted by molar-refractivity contribution is 5.86. The van der Waals surface area contributed by atoms with E-state index in [1.54, 1.807) is 30.3 Å². The van der Waals surface area contributed by atoms with E-state index in [2.05, 4.69) is 0 Å². The highest BCUT2D eigenvalue weighted by Crippen LogP contribution is 2.13. The molecule has 7 heteroatoms. The quantitative estimate of drug-likeness (QED) is 0.431. The van der Waals surface area contributed by atoms with Crippen LogP contribution in [0.2, 0.25) is 0 Å². The van der Waals surface area contributed by atoms with Gasteiger partial charge in [-0.05, 0) is 5.56 Å². The first kappa shape index (κ1) is 15.1. The maximum atomic E-state index is 11.6. The summed E-state index contributed by atoms with van der Waals surface area (Å²) in [5.41, 5.74) is 6.25. The van der Waals surface area contributed by atoms with E-state index in [1.165, 1.54) is 0 Å². The molecule has 3 atom stereocenters. The molecule has 1 amide bonds. The van der Waals surface area contributed by atoms with Gasteiger partial charge in [-0.25, -0.2) is 4.79 Å². The predicted octanol–water partition coefficient (Wildman–Crippen LogP) is -1.39. The van der Waals surface area contributed by atoms with E-state index in [0.29, 0.717) is 5.56 Å². The van der Waals surface area contributed by atoms with E-state index in [4.69, 9.17) is 15.9 Å². The minimum Gasteiger partial charge on any atom is -0.480 e. The Hall–Kier alpha value is -1.96.